The molecular weight excluding hydrogens is 480 g/mol. The van der Waals surface area contributed by atoms with Gasteiger partial charge < -0.3 is 10.6 Å². The Hall–Kier alpha value is -3.45. The lowest BCUT2D eigenvalue weighted by Crippen LogP contribution is -2.26. The highest BCUT2D eigenvalue weighted by Gasteiger charge is 2.26. The molecule has 1 aromatic heterocycles. The second kappa shape index (κ2) is 10.9. The molecule has 1 aliphatic rings. The molecule has 1 aliphatic carbocycles. The summed E-state index contributed by atoms with van der Waals surface area (Å²) in [4.78, 5) is 9.94. The Kier molecular flexibility index (Phi) is 7.42. The maximum atomic E-state index is 12.7. The summed E-state index contributed by atoms with van der Waals surface area (Å²) < 4.78 is 25.5. The van der Waals surface area contributed by atoms with E-state index in [0.717, 1.165) is 54.5 Å². The third-order valence-electron chi connectivity index (χ3n) is 7.39. The van der Waals surface area contributed by atoms with Crippen molar-refractivity contribution in [2.45, 2.75) is 37.5 Å². The smallest absolute Gasteiger partial charge is 0.225 e. The van der Waals surface area contributed by atoms with Gasteiger partial charge in [0, 0.05) is 19.0 Å². The number of anilines is 2. The van der Waals surface area contributed by atoms with Gasteiger partial charge in [0.15, 0.2) is 9.84 Å². The molecule has 0 atom stereocenters. The fourth-order valence-electron chi connectivity index (χ4n) is 5.20. The summed E-state index contributed by atoms with van der Waals surface area (Å²) in [5.41, 5.74) is 4.45. The number of fused-ring (bicyclic) bond motifs is 1. The van der Waals surface area contributed by atoms with Crippen LogP contribution in [0.2, 0.25) is 0 Å². The Morgan fingerprint density at radius 3 is 2.22 bits per heavy atom. The van der Waals surface area contributed by atoms with E-state index in [1.807, 2.05) is 13.1 Å². The van der Waals surface area contributed by atoms with Gasteiger partial charge in [0.25, 0.3) is 0 Å². The molecule has 7 heteroatoms. The third kappa shape index (κ3) is 5.93. The minimum atomic E-state index is -3.23. The van der Waals surface area contributed by atoms with E-state index < -0.39 is 9.84 Å². The summed E-state index contributed by atoms with van der Waals surface area (Å²) in [7, 11) is -1.34. The molecule has 5 rings (SSSR count). The number of aryl methyl sites for hydroxylation is 1. The highest BCUT2D eigenvalue weighted by Crippen LogP contribution is 2.32. The fourth-order valence-corrected chi connectivity index (χ4v) is 6.91. The summed E-state index contributed by atoms with van der Waals surface area (Å²) in [5, 5.41) is 7.66. The van der Waals surface area contributed by atoms with Crippen molar-refractivity contribution in [2.24, 2.45) is 11.8 Å². The number of hydrogen-bond donors (Lipinski definition) is 2. The van der Waals surface area contributed by atoms with E-state index in [2.05, 4.69) is 60.0 Å². The maximum absolute atomic E-state index is 12.7. The Bertz CT molecular complexity index is 1460. The van der Waals surface area contributed by atoms with Gasteiger partial charge >= 0.3 is 0 Å². The molecule has 0 bridgehead atoms. The van der Waals surface area contributed by atoms with Crippen LogP contribution >= 0.6 is 0 Å². The summed E-state index contributed by atoms with van der Waals surface area (Å²) >= 11 is 0. The fraction of sp³-hybridized carbons (Fsp3) is 0.333. The third-order valence-corrected chi connectivity index (χ3v) is 9.29. The second-order valence-electron chi connectivity index (χ2n) is 10.1. The molecule has 0 saturated heterocycles. The number of nitrogens with zero attached hydrogens (tertiary/aromatic N) is 2. The van der Waals surface area contributed by atoms with Gasteiger partial charge in [-0.1, -0.05) is 54.1 Å². The molecule has 37 heavy (non-hydrogen) atoms. The van der Waals surface area contributed by atoms with Crippen LogP contribution in [0, 0.1) is 18.8 Å². The van der Waals surface area contributed by atoms with E-state index in [0.29, 0.717) is 16.8 Å². The quantitative estimate of drug-likeness (QED) is 0.285. The number of nitrogens with one attached hydrogen (secondary N) is 2. The predicted molar refractivity (Wildman–Crippen MR) is 152 cm³/mol. The van der Waals surface area contributed by atoms with Gasteiger partial charge in [0.05, 0.1) is 16.2 Å². The minimum Gasteiger partial charge on any atom is -0.372 e. The van der Waals surface area contributed by atoms with E-state index in [4.69, 9.17) is 9.97 Å². The van der Waals surface area contributed by atoms with Gasteiger partial charge in [-0.15, -0.1) is 0 Å². The first kappa shape index (κ1) is 25.2. The number of rotatable bonds is 8. The van der Waals surface area contributed by atoms with Crippen molar-refractivity contribution in [1.29, 1.82) is 0 Å². The van der Waals surface area contributed by atoms with Crippen molar-refractivity contribution < 1.29 is 8.42 Å². The van der Waals surface area contributed by atoms with Crippen molar-refractivity contribution in [2.75, 3.05) is 30.0 Å². The lowest BCUT2D eigenvalue weighted by atomic mass is 9.83. The maximum Gasteiger partial charge on any atom is 0.225 e. The van der Waals surface area contributed by atoms with E-state index in [1.54, 1.807) is 24.3 Å². The Labute approximate surface area is 219 Å². The second-order valence-corrected chi connectivity index (χ2v) is 12.1. The van der Waals surface area contributed by atoms with Crippen molar-refractivity contribution >= 4 is 32.5 Å². The first-order valence-electron chi connectivity index (χ1n) is 13.0. The number of aromatic nitrogens is 2. The van der Waals surface area contributed by atoms with Crippen LogP contribution in [0.3, 0.4) is 0 Å². The average molecular weight is 515 g/mol. The number of hydrogen-bond acceptors (Lipinski definition) is 6. The van der Waals surface area contributed by atoms with E-state index in [9.17, 15) is 8.42 Å². The highest BCUT2D eigenvalue weighted by atomic mass is 32.2. The van der Waals surface area contributed by atoms with Gasteiger partial charge in [-0.05, 0) is 79.8 Å². The van der Waals surface area contributed by atoms with Gasteiger partial charge in [0.2, 0.25) is 5.95 Å². The van der Waals surface area contributed by atoms with Crippen LogP contribution in [-0.2, 0) is 9.84 Å². The zero-order valence-electron chi connectivity index (χ0n) is 21.4. The van der Waals surface area contributed by atoms with Crippen LogP contribution in [-0.4, -0.2) is 37.7 Å². The van der Waals surface area contributed by atoms with Gasteiger partial charge in [-0.25, -0.2) is 13.4 Å². The molecular formula is C30H34N4O2S. The zero-order valence-corrected chi connectivity index (χ0v) is 22.3. The van der Waals surface area contributed by atoms with E-state index >= 15 is 0 Å². The van der Waals surface area contributed by atoms with Crippen molar-refractivity contribution in [3.63, 3.8) is 0 Å². The van der Waals surface area contributed by atoms with Gasteiger partial charge in [-0.2, -0.15) is 4.98 Å². The molecule has 0 spiro atoms. The van der Waals surface area contributed by atoms with Crippen molar-refractivity contribution in [3.05, 3.63) is 78.4 Å². The van der Waals surface area contributed by atoms with Crippen LogP contribution in [0.5, 0.6) is 0 Å². The van der Waals surface area contributed by atoms with Crippen LogP contribution in [0.1, 0.15) is 31.2 Å². The van der Waals surface area contributed by atoms with Crippen LogP contribution in [0.25, 0.3) is 22.0 Å². The summed E-state index contributed by atoms with van der Waals surface area (Å²) in [6.07, 6.45) is 3.88. The van der Waals surface area contributed by atoms with Crippen molar-refractivity contribution in [3.8, 4) is 11.1 Å². The molecule has 2 N–H and O–H groups in total. The average Bonchev–Trinajstić information content (AvgIpc) is 2.92. The molecule has 0 aliphatic heterocycles. The molecule has 1 fully saturated rings. The Balaban J connectivity index is 1.21. The molecule has 1 heterocycles. The predicted octanol–water partition coefficient (Wildman–Crippen LogP) is 6.34. The summed E-state index contributed by atoms with van der Waals surface area (Å²) in [6.45, 7) is 2.88. The lowest BCUT2D eigenvalue weighted by Gasteiger charge is -2.28. The highest BCUT2D eigenvalue weighted by molar-refractivity contribution is 7.91. The molecule has 0 amide bonds. The van der Waals surface area contributed by atoms with E-state index in [1.165, 1.54) is 11.1 Å². The van der Waals surface area contributed by atoms with E-state index in [-0.39, 0.29) is 11.7 Å². The van der Waals surface area contributed by atoms with Crippen LogP contribution in [0.4, 0.5) is 11.8 Å². The first-order valence-corrected chi connectivity index (χ1v) is 14.6. The first-order chi connectivity index (χ1) is 17.9. The number of benzene rings is 3. The largest absolute Gasteiger partial charge is 0.372 e. The normalized spacial score (nSPS) is 18.0. The van der Waals surface area contributed by atoms with Crippen molar-refractivity contribution in [1.82, 2.24) is 9.97 Å². The molecule has 0 radical (unpaired) electrons. The molecule has 192 valence electrons. The zero-order chi connectivity index (χ0) is 25.8. The number of sulfone groups is 1. The summed E-state index contributed by atoms with van der Waals surface area (Å²) in [5.74, 6) is 2.36. The molecule has 6 nitrogen and oxygen atoms in total. The van der Waals surface area contributed by atoms with Gasteiger partial charge in [-0.3, -0.25) is 0 Å². The lowest BCUT2D eigenvalue weighted by molar-refractivity contribution is 0.301. The SMILES string of the molecule is CNc1nc(NC[C@H]2CC[C@H](CS(=O)(=O)c3ccccc3)CC2)nc2ccc(-c3ccc(C)cc3)cc12. The minimum absolute atomic E-state index is 0.219. The molecule has 0 unspecified atom stereocenters. The molecule has 3 aromatic carbocycles. The Morgan fingerprint density at radius 1 is 0.838 bits per heavy atom. The monoisotopic (exact) mass is 514 g/mol. The molecule has 4 aromatic rings. The van der Waals surface area contributed by atoms with Crippen LogP contribution < -0.4 is 10.6 Å². The topological polar surface area (TPSA) is 84.0 Å². The van der Waals surface area contributed by atoms with Gasteiger partial charge in [0.1, 0.15) is 5.82 Å². The molecule has 1 saturated carbocycles. The Morgan fingerprint density at radius 2 is 1.51 bits per heavy atom. The standard InChI is InChI=1S/C30H34N4O2S/c1-21-8-14-24(15-9-21)25-16-17-28-27(18-25)29(31-2)34-30(33-28)32-19-22-10-12-23(13-11-22)20-37(35,36)26-6-4-3-5-7-26/h3-9,14-18,22-23H,10-13,19-20H2,1-2H3,(H2,31,32,33,34)/t22-,23-. The summed E-state index contributed by atoms with van der Waals surface area (Å²) in [6, 6.07) is 23.6. The van der Waals surface area contributed by atoms with Crippen LogP contribution in [0.15, 0.2) is 77.7 Å².